The third kappa shape index (κ3) is 6.35. The molecule has 33 heavy (non-hydrogen) atoms. The Bertz CT molecular complexity index is 1200. The van der Waals surface area contributed by atoms with E-state index in [2.05, 4.69) is 24.3 Å². The van der Waals surface area contributed by atoms with Crippen LogP contribution in [0.15, 0.2) is 92.4 Å². The zero-order valence-corrected chi connectivity index (χ0v) is 21.1. The number of ether oxygens (including phenoxy) is 2. The Hall–Kier alpha value is -1.94. The van der Waals surface area contributed by atoms with Crippen molar-refractivity contribution in [1.82, 2.24) is 0 Å². The normalized spacial score (nSPS) is 19.3. The molecule has 0 saturated carbocycles. The maximum atomic E-state index is 11.4. The number of benzene rings is 3. The molecule has 3 aliphatic rings. The molecule has 0 N–H and O–H groups in total. The first-order valence-electron chi connectivity index (χ1n) is 10.4. The lowest BCUT2D eigenvalue weighted by Gasteiger charge is -2.16. The number of para-hydroxylation sites is 2. The van der Waals surface area contributed by atoms with Gasteiger partial charge in [0.05, 0.1) is 27.2 Å². The molecule has 3 aromatic carbocycles. The minimum absolute atomic E-state index is 0.0873. The molecule has 0 amide bonds. The van der Waals surface area contributed by atoms with Gasteiger partial charge in [-0.05, 0) is 36.4 Å². The minimum Gasteiger partial charge on any atom is -0.491 e. The fraction of sp³-hybridized carbons (Fsp3) is 0.250. The van der Waals surface area contributed by atoms with Crippen LogP contribution in [-0.4, -0.2) is 48.9 Å². The van der Waals surface area contributed by atoms with Gasteiger partial charge >= 0.3 is 0 Å². The van der Waals surface area contributed by atoms with E-state index in [4.69, 9.17) is 9.47 Å². The molecule has 0 saturated heterocycles. The van der Waals surface area contributed by atoms with Gasteiger partial charge in [0.15, 0.2) is 9.84 Å². The summed E-state index contributed by atoms with van der Waals surface area (Å²) in [5, 5.41) is 0. The summed E-state index contributed by atoms with van der Waals surface area (Å²) in [6.45, 7) is 0.836. The maximum absolute atomic E-state index is 11.4. The van der Waals surface area contributed by atoms with Crippen molar-refractivity contribution < 1.29 is 22.1 Å². The minimum atomic E-state index is -3.07. The Morgan fingerprint density at radius 3 is 1.97 bits per heavy atom. The van der Waals surface area contributed by atoms with Gasteiger partial charge in [-0.3, -0.25) is 4.21 Å². The first kappa shape index (κ1) is 24.2. The van der Waals surface area contributed by atoms with Crippen LogP contribution < -0.4 is 9.47 Å². The number of sulfone groups is 1. The molecule has 3 heterocycles. The van der Waals surface area contributed by atoms with Crippen molar-refractivity contribution in [3.8, 4) is 11.5 Å². The van der Waals surface area contributed by atoms with Crippen molar-refractivity contribution in [2.75, 3.05) is 36.2 Å². The first-order valence-corrected chi connectivity index (χ1v) is 15.4. The van der Waals surface area contributed by atoms with Crippen molar-refractivity contribution >= 4 is 44.2 Å². The molecular weight excluding hydrogens is 497 g/mol. The zero-order chi connectivity index (χ0) is 23.1. The predicted molar refractivity (Wildman–Crippen MR) is 135 cm³/mol. The van der Waals surface area contributed by atoms with E-state index < -0.39 is 20.6 Å². The Balaban J connectivity index is 0.000000118. The molecule has 1 atom stereocenters. The summed E-state index contributed by atoms with van der Waals surface area (Å²) in [4.78, 5) is 4.06. The van der Waals surface area contributed by atoms with Crippen LogP contribution in [0.25, 0.3) is 0 Å². The molecular formula is C24H24O5S4. The van der Waals surface area contributed by atoms with Gasteiger partial charge in [-0.15, -0.1) is 23.5 Å². The number of fused-ring (bicyclic) bond motifs is 3. The number of thioether (sulfide) groups is 2. The SMILES string of the molecule is O=S1(=O)CCOc2ccccc21.O=S1CCOc2ccccc21.c1ccc2c(c1)SCCS2. The van der Waals surface area contributed by atoms with Gasteiger partial charge in [0.25, 0.3) is 0 Å². The lowest BCUT2D eigenvalue weighted by Crippen LogP contribution is -2.20. The second-order valence-electron chi connectivity index (χ2n) is 7.10. The van der Waals surface area contributed by atoms with E-state index in [1.54, 1.807) is 24.3 Å². The lowest BCUT2D eigenvalue weighted by atomic mass is 10.3. The Kier molecular flexibility index (Phi) is 8.40. The fourth-order valence-corrected chi connectivity index (χ4v) is 7.79. The summed E-state index contributed by atoms with van der Waals surface area (Å²) in [5.41, 5.74) is 0. The Morgan fingerprint density at radius 1 is 0.727 bits per heavy atom. The molecule has 0 aliphatic carbocycles. The summed E-state index contributed by atoms with van der Waals surface area (Å²) in [6.07, 6.45) is 0. The second-order valence-corrected chi connectivity index (χ2v) is 13.0. The topological polar surface area (TPSA) is 69.7 Å². The monoisotopic (exact) mass is 520 g/mol. The maximum Gasteiger partial charge on any atom is 0.185 e. The molecule has 6 rings (SSSR count). The van der Waals surface area contributed by atoms with Crippen molar-refractivity contribution in [1.29, 1.82) is 0 Å². The Labute approximate surface area is 205 Å². The van der Waals surface area contributed by atoms with Crippen molar-refractivity contribution in [2.45, 2.75) is 19.6 Å². The van der Waals surface area contributed by atoms with Crippen LogP contribution in [0.4, 0.5) is 0 Å². The van der Waals surface area contributed by atoms with Crippen LogP contribution in [0.2, 0.25) is 0 Å². The van der Waals surface area contributed by atoms with Crippen LogP contribution in [0, 0.1) is 0 Å². The summed E-state index contributed by atoms with van der Waals surface area (Å²) >= 11 is 3.94. The van der Waals surface area contributed by atoms with Gasteiger partial charge in [0, 0.05) is 21.3 Å². The quantitative estimate of drug-likeness (QED) is 0.417. The second kappa shape index (κ2) is 11.5. The highest BCUT2D eigenvalue weighted by Gasteiger charge is 2.23. The van der Waals surface area contributed by atoms with E-state index in [1.165, 1.54) is 21.3 Å². The van der Waals surface area contributed by atoms with Crippen LogP contribution in [0.3, 0.4) is 0 Å². The van der Waals surface area contributed by atoms with Crippen LogP contribution in [-0.2, 0) is 20.6 Å². The summed E-state index contributed by atoms with van der Waals surface area (Å²) in [6, 6.07) is 22.8. The van der Waals surface area contributed by atoms with Gasteiger partial charge in [0.2, 0.25) is 0 Å². The van der Waals surface area contributed by atoms with E-state index in [0.29, 0.717) is 23.0 Å². The first-order chi connectivity index (χ1) is 16.0. The molecule has 0 bridgehead atoms. The average Bonchev–Trinajstić information content (AvgIpc) is 2.85. The largest absolute Gasteiger partial charge is 0.491 e. The molecule has 3 aliphatic heterocycles. The highest BCUT2D eigenvalue weighted by molar-refractivity contribution is 8.05. The zero-order valence-electron chi connectivity index (χ0n) is 17.8. The van der Waals surface area contributed by atoms with Crippen molar-refractivity contribution in [3.05, 3.63) is 72.8 Å². The van der Waals surface area contributed by atoms with Crippen molar-refractivity contribution in [2.24, 2.45) is 0 Å². The van der Waals surface area contributed by atoms with Gasteiger partial charge in [0.1, 0.15) is 29.6 Å². The summed E-state index contributed by atoms with van der Waals surface area (Å²) in [5.74, 6) is 4.49. The standard InChI is InChI=1S/C8H8O3S.C8H8O2S.C8H8S2/c9-12(10)6-5-11-7-3-1-2-4-8(7)12;9-11-6-5-10-7-3-1-2-4-8(7)11;1-2-4-8-7(3-1)9-5-6-10-8/h1-4H,5-6H2;1-4H,5-6H2;1-4H,5-6H2. The van der Waals surface area contributed by atoms with Gasteiger partial charge in [-0.2, -0.15) is 0 Å². The molecule has 0 radical (unpaired) electrons. The highest BCUT2D eigenvalue weighted by atomic mass is 32.2. The third-order valence-corrected chi connectivity index (χ3v) is 10.5. The van der Waals surface area contributed by atoms with E-state index in [-0.39, 0.29) is 12.4 Å². The molecule has 0 aromatic heterocycles. The number of rotatable bonds is 0. The molecule has 9 heteroatoms. The summed E-state index contributed by atoms with van der Waals surface area (Å²) < 4.78 is 44.6. The van der Waals surface area contributed by atoms with Crippen LogP contribution in [0.5, 0.6) is 11.5 Å². The third-order valence-electron chi connectivity index (χ3n) is 4.86. The smallest absolute Gasteiger partial charge is 0.185 e. The predicted octanol–water partition coefficient (Wildman–Crippen LogP) is 4.92. The fourth-order valence-electron chi connectivity index (χ4n) is 3.28. The Morgan fingerprint density at radius 2 is 1.30 bits per heavy atom. The average molecular weight is 521 g/mol. The number of hydrogen-bond donors (Lipinski definition) is 0. The molecule has 5 nitrogen and oxygen atoms in total. The van der Waals surface area contributed by atoms with Crippen molar-refractivity contribution in [3.63, 3.8) is 0 Å². The molecule has 0 fully saturated rings. The number of hydrogen-bond acceptors (Lipinski definition) is 7. The molecule has 0 spiro atoms. The van der Waals surface area contributed by atoms with Crippen LogP contribution >= 0.6 is 23.5 Å². The van der Waals surface area contributed by atoms with E-state index in [1.807, 2.05) is 47.8 Å². The molecule has 174 valence electrons. The van der Waals surface area contributed by atoms with Crippen LogP contribution in [0.1, 0.15) is 0 Å². The van der Waals surface area contributed by atoms with E-state index in [9.17, 15) is 12.6 Å². The summed E-state index contributed by atoms with van der Waals surface area (Å²) in [7, 11) is -3.91. The van der Waals surface area contributed by atoms with E-state index in [0.717, 1.165) is 10.6 Å². The van der Waals surface area contributed by atoms with E-state index >= 15 is 0 Å². The molecule has 1 unspecified atom stereocenters. The van der Waals surface area contributed by atoms with Gasteiger partial charge in [-0.1, -0.05) is 36.4 Å². The molecule has 3 aromatic rings. The lowest BCUT2D eigenvalue weighted by molar-refractivity contribution is 0.322. The van der Waals surface area contributed by atoms with Gasteiger partial charge < -0.3 is 9.47 Å². The highest BCUT2D eigenvalue weighted by Crippen LogP contribution is 2.35. The van der Waals surface area contributed by atoms with Gasteiger partial charge in [-0.25, -0.2) is 8.42 Å².